The van der Waals surface area contributed by atoms with Gasteiger partial charge in [0.05, 0.1) is 6.10 Å². The average Bonchev–Trinajstić information content (AvgIpc) is 2.66. The van der Waals surface area contributed by atoms with Gasteiger partial charge in [0.1, 0.15) is 11.9 Å². The number of rotatable bonds is 6. The second kappa shape index (κ2) is 8.40. The van der Waals surface area contributed by atoms with Crippen LogP contribution >= 0.6 is 0 Å². The van der Waals surface area contributed by atoms with Gasteiger partial charge in [0.2, 0.25) is 0 Å². The highest BCUT2D eigenvalue weighted by Crippen LogP contribution is 2.25. The summed E-state index contributed by atoms with van der Waals surface area (Å²) in [4.78, 5) is 0. The summed E-state index contributed by atoms with van der Waals surface area (Å²) >= 11 is 0. The Morgan fingerprint density at radius 3 is 2.76 bits per heavy atom. The van der Waals surface area contributed by atoms with Crippen LogP contribution in [0.4, 0.5) is 0 Å². The van der Waals surface area contributed by atoms with Gasteiger partial charge in [-0.25, -0.2) is 0 Å². The highest BCUT2D eigenvalue weighted by Gasteiger charge is 2.23. The van der Waals surface area contributed by atoms with Crippen LogP contribution in [-0.4, -0.2) is 23.9 Å². The second-order valence-electron chi connectivity index (χ2n) is 6.49. The van der Waals surface area contributed by atoms with Crippen LogP contribution in [0.5, 0.6) is 5.75 Å². The first-order valence-electron chi connectivity index (χ1n) is 8.30. The first kappa shape index (κ1) is 16.3. The van der Waals surface area contributed by atoms with Crippen LogP contribution in [0.1, 0.15) is 51.5 Å². The molecule has 0 heterocycles. The molecule has 0 amide bonds. The van der Waals surface area contributed by atoms with Crippen LogP contribution in [0.25, 0.3) is 0 Å². The van der Waals surface area contributed by atoms with Gasteiger partial charge in [0, 0.05) is 12.1 Å². The van der Waals surface area contributed by atoms with Crippen molar-refractivity contribution < 1.29 is 9.84 Å². The fraction of sp³-hybridized carbons (Fsp3) is 0.667. The van der Waals surface area contributed by atoms with E-state index in [1.54, 1.807) is 0 Å². The van der Waals surface area contributed by atoms with Crippen molar-refractivity contribution in [3.8, 4) is 5.75 Å². The van der Waals surface area contributed by atoms with Gasteiger partial charge >= 0.3 is 0 Å². The molecule has 0 saturated heterocycles. The third-order valence-corrected chi connectivity index (χ3v) is 4.04. The Balaban J connectivity index is 1.98. The Hall–Kier alpha value is -1.06. The van der Waals surface area contributed by atoms with E-state index in [1.807, 2.05) is 18.2 Å². The SMILES string of the molecule is CC(C)CNCc1ccccc1OC1CCCCCC1O. The van der Waals surface area contributed by atoms with Crippen molar-refractivity contribution in [3.63, 3.8) is 0 Å². The van der Waals surface area contributed by atoms with E-state index in [2.05, 4.69) is 25.2 Å². The smallest absolute Gasteiger partial charge is 0.124 e. The minimum absolute atomic E-state index is 0.0567. The van der Waals surface area contributed by atoms with Gasteiger partial charge in [0.25, 0.3) is 0 Å². The predicted molar refractivity (Wildman–Crippen MR) is 86.5 cm³/mol. The lowest BCUT2D eigenvalue weighted by atomic mass is 10.1. The molecule has 1 aliphatic carbocycles. The van der Waals surface area contributed by atoms with E-state index in [0.29, 0.717) is 5.92 Å². The third-order valence-electron chi connectivity index (χ3n) is 4.04. The maximum absolute atomic E-state index is 10.2. The van der Waals surface area contributed by atoms with Gasteiger partial charge in [-0.1, -0.05) is 44.9 Å². The van der Waals surface area contributed by atoms with Crippen LogP contribution in [0.2, 0.25) is 0 Å². The molecule has 2 rings (SSSR count). The zero-order valence-corrected chi connectivity index (χ0v) is 13.3. The summed E-state index contributed by atoms with van der Waals surface area (Å²) in [7, 11) is 0. The average molecular weight is 291 g/mol. The molecule has 0 bridgehead atoms. The molecule has 0 aliphatic heterocycles. The molecule has 2 atom stereocenters. The first-order chi connectivity index (χ1) is 10.2. The zero-order valence-electron chi connectivity index (χ0n) is 13.3. The topological polar surface area (TPSA) is 41.5 Å². The molecule has 1 aliphatic rings. The normalized spacial score (nSPS) is 23.0. The Bertz CT molecular complexity index is 419. The molecule has 1 saturated carbocycles. The van der Waals surface area contributed by atoms with Crippen LogP contribution in [0, 0.1) is 5.92 Å². The summed E-state index contributed by atoms with van der Waals surface area (Å²) in [6.45, 7) is 6.23. The fourth-order valence-electron chi connectivity index (χ4n) is 2.81. The summed E-state index contributed by atoms with van der Waals surface area (Å²) in [5.74, 6) is 1.56. The molecule has 0 spiro atoms. The quantitative estimate of drug-likeness (QED) is 0.788. The maximum Gasteiger partial charge on any atom is 0.124 e. The number of nitrogens with one attached hydrogen (secondary N) is 1. The minimum atomic E-state index is -0.329. The number of ether oxygens (including phenoxy) is 1. The van der Waals surface area contributed by atoms with Crippen LogP contribution < -0.4 is 10.1 Å². The largest absolute Gasteiger partial charge is 0.487 e. The molecule has 2 unspecified atom stereocenters. The number of hydrogen-bond acceptors (Lipinski definition) is 3. The van der Waals surface area contributed by atoms with Crippen molar-refractivity contribution in [1.82, 2.24) is 5.32 Å². The lowest BCUT2D eigenvalue weighted by molar-refractivity contribution is 0.0314. The van der Waals surface area contributed by atoms with E-state index in [4.69, 9.17) is 4.74 Å². The minimum Gasteiger partial charge on any atom is -0.487 e. The van der Waals surface area contributed by atoms with Gasteiger partial charge in [-0.15, -0.1) is 0 Å². The van der Waals surface area contributed by atoms with E-state index in [-0.39, 0.29) is 12.2 Å². The second-order valence-corrected chi connectivity index (χ2v) is 6.49. The van der Waals surface area contributed by atoms with Crippen molar-refractivity contribution in [2.24, 2.45) is 5.92 Å². The van der Waals surface area contributed by atoms with Crippen molar-refractivity contribution in [2.75, 3.05) is 6.54 Å². The molecule has 1 fully saturated rings. The van der Waals surface area contributed by atoms with Gasteiger partial charge in [-0.05, 0) is 37.8 Å². The predicted octanol–water partition coefficient (Wildman–Crippen LogP) is 3.50. The Labute approximate surface area is 128 Å². The van der Waals surface area contributed by atoms with Crippen LogP contribution in [0.3, 0.4) is 0 Å². The first-order valence-corrected chi connectivity index (χ1v) is 8.30. The summed E-state index contributed by atoms with van der Waals surface area (Å²) in [5, 5.41) is 13.7. The molecular formula is C18H29NO2. The summed E-state index contributed by atoms with van der Waals surface area (Å²) < 4.78 is 6.15. The van der Waals surface area contributed by atoms with Crippen molar-refractivity contribution in [2.45, 2.75) is 64.7 Å². The molecular weight excluding hydrogens is 262 g/mol. The van der Waals surface area contributed by atoms with Gasteiger partial charge in [-0.3, -0.25) is 0 Å². The van der Waals surface area contributed by atoms with E-state index < -0.39 is 0 Å². The maximum atomic E-state index is 10.2. The van der Waals surface area contributed by atoms with Crippen molar-refractivity contribution in [1.29, 1.82) is 0 Å². The molecule has 118 valence electrons. The molecule has 0 radical (unpaired) electrons. The van der Waals surface area contributed by atoms with Crippen molar-refractivity contribution in [3.05, 3.63) is 29.8 Å². The molecule has 1 aromatic rings. The van der Waals surface area contributed by atoms with Gasteiger partial charge < -0.3 is 15.2 Å². The molecule has 3 nitrogen and oxygen atoms in total. The number of aliphatic hydroxyl groups is 1. The Morgan fingerprint density at radius 1 is 1.19 bits per heavy atom. The van der Waals surface area contributed by atoms with Crippen LogP contribution in [-0.2, 0) is 6.54 Å². The van der Waals surface area contributed by atoms with Gasteiger partial charge in [0.15, 0.2) is 0 Å². The lowest BCUT2D eigenvalue weighted by Crippen LogP contribution is -2.31. The number of benzene rings is 1. The number of para-hydroxylation sites is 1. The molecule has 3 heteroatoms. The lowest BCUT2D eigenvalue weighted by Gasteiger charge is -2.23. The highest BCUT2D eigenvalue weighted by molar-refractivity contribution is 5.33. The standard InChI is InChI=1S/C18H29NO2/c1-14(2)12-19-13-15-8-6-7-10-17(15)21-18-11-5-3-4-9-16(18)20/h6-8,10,14,16,18-20H,3-5,9,11-13H2,1-2H3. The summed E-state index contributed by atoms with van der Waals surface area (Å²) in [5.41, 5.74) is 1.18. The van der Waals surface area contributed by atoms with E-state index in [9.17, 15) is 5.11 Å². The summed E-state index contributed by atoms with van der Waals surface area (Å²) in [6, 6.07) is 8.17. The van der Waals surface area contributed by atoms with Gasteiger partial charge in [-0.2, -0.15) is 0 Å². The van der Waals surface area contributed by atoms with Crippen LogP contribution in [0.15, 0.2) is 24.3 Å². The van der Waals surface area contributed by atoms with E-state index in [1.165, 1.54) is 12.0 Å². The van der Waals surface area contributed by atoms with Crippen molar-refractivity contribution >= 4 is 0 Å². The Morgan fingerprint density at radius 2 is 1.95 bits per heavy atom. The molecule has 0 aromatic heterocycles. The van der Waals surface area contributed by atoms with E-state index in [0.717, 1.165) is 44.5 Å². The van der Waals surface area contributed by atoms with E-state index >= 15 is 0 Å². The zero-order chi connectivity index (χ0) is 15.1. The Kier molecular flexibility index (Phi) is 6.52. The molecule has 2 N–H and O–H groups in total. The number of aliphatic hydroxyl groups excluding tert-OH is 1. The third kappa shape index (κ3) is 5.33. The fourth-order valence-corrected chi connectivity index (χ4v) is 2.81. The molecule has 21 heavy (non-hydrogen) atoms. The number of hydrogen-bond donors (Lipinski definition) is 2. The molecule has 1 aromatic carbocycles. The monoisotopic (exact) mass is 291 g/mol. The summed E-state index contributed by atoms with van der Waals surface area (Å²) in [6.07, 6.45) is 4.89. The highest BCUT2D eigenvalue weighted by atomic mass is 16.5.